The number of amides is 1. The van der Waals surface area contributed by atoms with Gasteiger partial charge in [-0.1, -0.05) is 23.7 Å². The van der Waals surface area contributed by atoms with Crippen LogP contribution in [-0.4, -0.2) is 26.7 Å². The molecule has 0 saturated carbocycles. The molecule has 1 atom stereocenters. The number of carbonyl (C=O) groups is 1. The van der Waals surface area contributed by atoms with E-state index in [-0.39, 0.29) is 11.9 Å². The fraction of sp³-hybridized carbons (Fsp3) is 0.250. The Labute approximate surface area is 137 Å². The Morgan fingerprint density at radius 3 is 2.86 bits per heavy atom. The van der Waals surface area contributed by atoms with E-state index in [1.165, 1.54) is 0 Å². The summed E-state index contributed by atoms with van der Waals surface area (Å²) in [5.41, 5.74) is 1.98. The Morgan fingerprint density at radius 2 is 2.18 bits per heavy atom. The molecule has 1 saturated heterocycles. The second-order valence-corrected chi connectivity index (χ2v) is 6.75. The molecule has 1 aliphatic rings. The van der Waals surface area contributed by atoms with Crippen molar-refractivity contribution in [3.63, 3.8) is 0 Å². The Balaban J connectivity index is 1.48. The highest BCUT2D eigenvalue weighted by molar-refractivity contribution is 7.15. The van der Waals surface area contributed by atoms with E-state index < -0.39 is 0 Å². The predicted octanol–water partition coefficient (Wildman–Crippen LogP) is 3.57. The van der Waals surface area contributed by atoms with Crippen molar-refractivity contribution in [2.75, 3.05) is 6.54 Å². The van der Waals surface area contributed by atoms with Gasteiger partial charge in [0.05, 0.1) is 18.2 Å². The maximum atomic E-state index is 12.5. The van der Waals surface area contributed by atoms with Crippen LogP contribution in [0.15, 0.2) is 42.0 Å². The summed E-state index contributed by atoms with van der Waals surface area (Å²) >= 11 is 7.50. The fourth-order valence-electron chi connectivity index (χ4n) is 2.84. The maximum Gasteiger partial charge on any atom is 0.229 e. The number of benzene rings is 1. The van der Waals surface area contributed by atoms with Crippen molar-refractivity contribution < 1.29 is 4.79 Å². The SMILES string of the molecule is O=C(Cc1cn2ccsc2n1)N1CC[C@H]1c1ccc(Cl)cc1. The normalized spacial score (nSPS) is 17.7. The highest BCUT2D eigenvalue weighted by Crippen LogP contribution is 2.34. The minimum Gasteiger partial charge on any atom is -0.335 e. The molecule has 1 amide bonds. The summed E-state index contributed by atoms with van der Waals surface area (Å²) in [6.07, 6.45) is 5.26. The lowest BCUT2D eigenvalue weighted by Crippen LogP contribution is -2.45. The van der Waals surface area contributed by atoms with E-state index in [0.717, 1.165) is 34.2 Å². The van der Waals surface area contributed by atoms with Gasteiger partial charge in [0.25, 0.3) is 0 Å². The van der Waals surface area contributed by atoms with Gasteiger partial charge >= 0.3 is 0 Å². The van der Waals surface area contributed by atoms with Crippen molar-refractivity contribution in [3.05, 3.63) is 58.3 Å². The van der Waals surface area contributed by atoms with Gasteiger partial charge in [0.2, 0.25) is 5.91 Å². The molecule has 3 heterocycles. The number of hydrogen-bond donors (Lipinski definition) is 0. The molecule has 0 bridgehead atoms. The van der Waals surface area contributed by atoms with Crippen LogP contribution in [0, 0.1) is 0 Å². The second kappa shape index (κ2) is 5.41. The van der Waals surface area contributed by atoms with E-state index in [4.69, 9.17) is 11.6 Å². The van der Waals surface area contributed by atoms with Gasteiger partial charge in [-0.2, -0.15) is 0 Å². The molecule has 1 fully saturated rings. The van der Waals surface area contributed by atoms with Crippen LogP contribution in [0.25, 0.3) is 4.96 Å². The molecular formula is C16H14ClN3OS. The minimum absolute atomic E-state index is 0.136. The van der Waals surface area contributed by atoms with Gasteiger partial charge in [0.15, 0.2) is 4.96 Å². The summed E-state index contributed by atoms with van der Waals surface area (Å²) in [6, 6.07) is 7.93. The quantitative estimate of drug-likeness (QED) is 0.736. The van der Waals surface area contributed by atoms with Crippen molar-refractivity contribution in [1.29, 1.82) is 0 Å². The van der Waals surface area contributed by atoms with E-state index >= 15 is 0 Å². The zero-order chi connectivity index (χ0) is 15.1. The van der Waals surface area contributed by atoms with Crippen molar-refractivity contribution in [2.45, 2.75) is 18.9 Å². The third-order valence-electron chi connectivity index (χ3n) is 4.07. The lowest BCUT2D eigenvalue weighted by molar-refractivity contribution is -0.138. The van der Waals surface area contributed by atoms with Crippen molar-refractivity contribution in [3.8, 4) is 0 Å². The summed E-state index contributed by atoms with van der Waals surface area (Å²) < 4.78 is 1.96. The molecule has 6 heteroatoms. The molecule has 0 spiro atoms. The third kappa shape index (κ3) is 2.40. The Hall–Kier alpha value is -1.85. The highest BCUT2D eigenvalue weighted by Gasteiger charge is 2.33. The molecule has 1 aromatic carbocycles. The summed E-state index contributed by atoms with van der Waals surface area (Å²) in [4.78, 5) is 19.8. The van der Waals surface area contributed by atoms with E-state index in [2.05, 4.69) is 4.98 Å². The number of hydrogen-bond acceptors (Lipinski definition) is 3. The van der Waals surface area contributed by atoms with Crippen LogP contribution in [0.4, 0.5) is 0 Å². The molecule has 3 aromatic rings. The summed E-state index contributed by atoms with van der Waals surface area (Å²) in [7, 11) is 0. The van der Waals surface area contributed by atoms with Crippen LogP contribution >= 0.6 is 22.9 Å². The Kier molecular flexibility index (Phi) is 3.39. The van der Waals surface area contributed by atoms with E-state index in [9.17, 15) is 4.79 Å². The molecule has 112 valence electrons. The average Bonchev–Trinajstić information content (AvgIpc) is 3.00. The first-order valence-corrected chi connectivity index (χ1v) is 8.42. The smallest absolute Gasteiger partial charge is 0.229 e. The van der Waals surface area contributed by atoms with Crippen LogP contribution in [0.2, 0.25) is 5.02 Å². The van der Waals surface area contributed by atoms with Gasteiger partial charge in [0, 0.05) is 29.3 Å². The standard InChI is InChI=1S/C16H14ClN3OS/c17-12-3-1-11(2-4-12)14-5-6-20(14)15(21)9-13-10-19-7-8-22-16(19)18-13/h1-4,7-8,10,14H,5-6,9H2/t14-/m0/s1. The molecule has 2 aromatic heterocycles. The molecule has 0 unspecified atom stereocenters. The van der Waals surface area contributed by atoms with Gasteiger partial charge in [-0.15, -0.1) is 11.3 Å². The molecular weight excluding hydrogens is 318 g/mol. The molecule has 4 nitrogen and oxygen atoms in total. The number of likely N-dealkylation sites (tertiary alicyclic amines) is 1. The van der Waals surface area contributed by atoms with Gasteiger partial charge in [0.1, 0.15) is 0 Å². The van der Waals surface area contributed by atoms with E-state index in [1.807, 2.05) is 51.3 Å². The van der Waals surface area contributed by atoms with Gasteiger partial charge in [-0.05, 0) is 24.1 Å². The van der Waals surface area contributed by atoms with Gasteiger partial charge in [-0.25, -0.2) is 4.98 Å². The number of rotatable bonds is 3. The summed E-state index contributed by atoms with van der Waals surface area (Å²) in [5.74, 6) is 0.136. The number of thiazole rings is 1. The first kappa shape index (κ1) is 13.8. The van der Waals surface area contributed by atoms with Crippen molar-refractivity contribution in [2.24, 2.45) is 0 Å². The van der Waals surface area contributed by atoms with Crippen molar-refractivity contribution >= 4 is 33.8 Å². The Bertz CT molecular complexity index is 795. The van der Waals surface area contributed by atoms with E-state index in [0.29, 0.717) is 6.42 Å². The second-order valence-electron chi connectivity index (χ2n) is 5.45. The molecule has 1 aliphatic heterocycles. The van der Waals surface area contributed by atoms with Crippen LogP contribution in [0.1, 0.15) is 23.7 Å². The van der Waals surface area contributed by atoms with Crippen molar-refractivity contribution in [1.82, 2.24) is 14.3 Å². The zero-order valence-electron chi connectivity index (χ0n) is 11.8. The first-order valence-electron chi connectivity index (χ1n) is 7.17. The van der Waals surface area contributed by atoms with Crippen LogP contribution in [-0.2, 0) is 11.2 Å². The molecule has 0 N–H and O–H groups in total. The molecule has 4 rings (SSSR count). The molecule has 0 radical (unpaired) electrons. The van der Waals surface area contributed by atoms with Gasteiger partial charge in [-0.3, -0.25) is 9.20 Å². The number of halogens is 1. The zero-order valence-corrected chi connectivity index (χ0v) is 13.3. The minimum atomic E-state index is 0.136. The molecule has 22 heavy (non-hydrogen) atoms. The van der Waals surface area contributed by atoms with Crippen LogP contribution in [0.3, 0.4) is 0 Å². The van der Waals surface area contributed by atoms with Crippen LogP contribution < -0.4 is 0 Å². The van der Waals surface area contributed by atoms with Crippen LogP contribution in [0.5, 0.6) is 0 Å². The average molecular weight is 332 g/mol. The highest BCUT2D eigenvalue weighted by atomic mass is 35.5. The van der Waals surface area contributed by atoms with Gasteiger partial charge < -0.3 is 4.90 Å². The monoisotopic (exact) mass is 331 g/mol. The summed E-state index contributed by atoms with van der Waals surface area (Å²) in [5, 5.41) is 2.71. The topological polar surface area (TPSA) is 37.6 Å². The molecule has 0 aliphatic carbocycles. The third-order valence-corrected chi connectivity index (χ3v) is 5.09. The predicted molar refractivity (Wildman–Crippen MR) is 87.3 cm³/mol. The number of aromatic nitrogens is 2. The van der Waals surface area contributed by atoms with E-state index in [1.54, 1.807) is 11.3 Å². The number of imidazole rings is 1. The largest absolute Gasteiger partial charge is 0.335 e. The number of nitrogens with zero attached hydrogens (tertiary/aromatic N) is 3. The summed E-state index contributed by atoms with van der Waals surface area (Å²) in [6.45, 7) is 0.814. The Morgan fingerprint density at radius 1 is 1.36 bits per heavy atom. The lowest BCUT2D eigenvalue weighted by atomic mass is 9.94. The fourth-order valence-corrected chi connectivity index (χ4v) is 3.68. The first-order chi connectivity index (χ1) is 10.7. The lowest BCUT2D eigenvalue weighted by Gasteiger charge is -2.41. The number of fused-ring (bicyclic) bond motifs is 1. The number of carbonyl (C=O) groups excluding carboxylic acids is 1. The maximum absolute atomic E-state index is 12.5.